The monoisotopic (exact) mass is 289 g/mol. The first-order valence-corrected chi connectivity index (χ1v) is 8.65. The van der Waals surface area contributed by atoms with E-state index in [1.165, 1.54) is 0 Å². The van der Waals surface area contributed by atoms with E-state index in [-0.39, 0.29) is 18.2 Å². The van der Waals surface area contributed by atoms with E-state index in [9.17, 15) is 8.42 Å². The van der Waals surface area contributed by atoms with Crippen LogP contribution >= 0.6 is 0 Å². The van der Waals surface area contributed by atoms with Gasteiger partial charge in [-0.3, -0.25) is 0 Å². The van der Waals surface area contributed by atoms with Crippen LogP contribution in [0.25, 0.3) is 0 Å². The Morgan fingerprint density at radius 3 is 2.79 bits per heavy atom. The normalized spacial score (nSPS) is 39.8. The molecule has 3 aliphatic rings. The average molecular weight is 289 g/mol. The third kappa shape index (κ3) is 2.80. The molecule has 3 N–H and O–H groups in total. The zero-order valence-corrected chi connectivity index (χ0v) is 11.9. The van der Waals surface area contributed by atoms with E-state index in [1.54, 1.807) is 4.31 Å². The van der Waals surface area contributed by atoms with Crippen molar-refractivity contribution in [3.05, 3.63) is 0 Å². The molecule has 0 aromatic rings. The van der Waals surface area contributed by atoms with Gasteiger partial charge in [0.05, 0.1) is 18.2 Å². The summed E-state index contributed by atoms with van der Waals surface area (Å²) in [5.74, 6) is 0.293. The first-order chi connectivity index (χ1) is 9.08. The molecule has 0 aliphatic carbocycles. The van der Waals surface area contributed by atoms with E-state index in [0.717, 1.165) is 32.1 Å². The number of piperidine rings is 1. The molecule has 3 saturated heterocycles. The van der Waals surface area contributed by atoms with E-state index in [4.69, 9.17) is 10.5 Å². The Bertz CT molecular complexity index is 428. The van der Waals surface area contributed by atoms with E-state index < -0.39 is 10.2 Å². The summed E-state index contributed by atoms with van der Waals surface area (Å²) in [7, 11) is -3.38. The van der Waals surface area contributed by atoms with Gasteiger partial charge in [-0.1, -0.05) is 0 Å². The van der Waals surface area contributed by atoms with Gasteiger partial charge in [0, 0.05) is 13.1 Å². The molecule has 110 valence electrons. The van der Waals surface area contributed by atoms with Crippen molar-refractivity contribution in [3.8, 4) is 0 Å². The van der Waals surface area contributed by atoms with Crippen molar-refractivity contribution in [2.45, 2.75) is 50.4 Å². The number of rotatable bonds is 4. The summed E-state index contributed by atoms with van der Waals surface area (Å²) in [6.07, 6.45) is 5.13. The van der Waals surface area contributed by atoms with E-state index in [2.05, 4.69) is 4.72 Å². The maximum atomic E-state index is 12.4. The van der Waals surface area contributed by atoms with Gasteiger partial charge in [-0.25, -0.2) is 0 Å². The van der Waals surface area contributed by atoms with Crippen molar-refractivity contribution >= 4 is 10.2 Å². The summed E-state index contributed by atoms with van der Waals surface area (Å²) < 4.78 is 34.9. The number of hydrogen-bond acceptors (Lipinski definition) is 4. The van der Waals surface area contributed by atoms with Crippen LogP contribution < -0.4 is 10.5 Å². The Kier molecular flexibility index (Phi) is 3.83. The lowest BCUT2D eigenvalue weighted by Gasteiger charge is -2.32. The van der Waals surface area contributed by atoms with Crippen molar-refractivity contribution in [1.82, 2.24) is 9.03 Å². The fourth-order valence-corrected chi connectivity index (χ4v) is 5.02. The second kappa shape index (κ2) is 5.29. The molecule has 3 heterocycles. The lowest BCUT2D eigenvalue weighted by molar-refractivity contribution is 0.0993. The Balaban J connectivity index is 1.62. The third-order valence-electron chi connectivity index (χ3n) is 4.56. The molecule has 0 spiro atoms. The zero-order chi connectivity index (χ0) is 13.5. The summed E-state index contributed by atoms with van der Waals surface area (Å²) in [5.41, 5.74) is 5.66. The van der Waals surface area contributed by atoms with Crippen LogP contribution in [-0.4, -0.2) is 50.6 Å². The highest BCUT2D eigenvalue weighted by Crippen LogP contribution is 2.34. The van der Waals surface area contributed by atoms with Gasteiger partial charge in [0.2, 0.25) is 0 Å². The highest BCUT2D eigenvalue weighted by atomic mass is 32.2. The smallest absolute Gasteiger partial charge is 0.279 e. The van der Waals surface area contributed by atoms with E-state index >= 15 is 0 Å². The predicted octanol–water partition coefficient (Wildman–Crippen LogP) is -0.189. The van der Waals surface area contributed by atoms with Crippen LogP contribution in [0.15, 0.2) is 0 Å². The summed E-state index contributed by atoms with van der Waals surface area (Å²) >= 11 is 0. The molecule has 6 nitrogen and oxygen atoms in total. The van der Waals surface area contributed by atoms with Crippen LogP contribution in [0.4, 0.5) is 0 Å². The van der Waals surface area contributed by atoms with E-state index in [1.807, 2.05) is 0 Å². The SMILES string of the molecule is NCC1CCCN(S(=O)(=O)NC2CC3CCC2O3)C1. The lowest BCUT2D eigenvalue weighted by atomic mass is 9.96. The molecule has 0 saturated carbocycles. The molecule has 19 heavy (non-hydrogen) atoms. The first-order valence-electron chi connectivity index (χ1n) is 7.21. The molecular formula is C12H23N3O3S. The molecule has 0 radical (unpaired) electrons. The number of fused-ring (bicyclic) bond motifs is 2. The fraction of sp³-hybridized carbons (Fsp3) is 1.00. The van der Waals surface area contributed by atoms with Crippen molar-refractivity contribution in [3.63, 3.8) is 0 Å². The molecule has 0 aromatic heterocycles. The van der Waals surface area contributed by atoms with Crippen LogP contribution in [0.2, 0.25) is 0 Å². The third-order valence-corrected chi connectivity index (χ3v) is 6.17. The van der Waals surface area contributed by atoms with Gasteiger partial charge in [-0.2, -0.15) is 17.4 Å². The maximum absolute atomic E-state index is 12.4. The van der Waals surface area contributed by atoms with Gasteiger partial charge in [-0.05, 0) is 44.6 Å². The lowest BCUT2D eigenvalue weighted by Crippen LogP contribution is -2.51. The van der Waals surface area contributed by atoms with Crippen molar-refractivity contribution in [2.24, 2.45) is 11.7 Å². The fourth-order valence-electron chi connectivity index (χ4n) is 3.47. The number of nitrogens with two attached hydrogens (primary N) is 1. The van der Waals surface area contributed by atoms with Crippen molar-refractivity contribution < 1.29 is 13.2 Å². The number of nitrogens with zero attached hydrogens (tertiary/aromatic N) is 1. The quantitative estimate of drug-likeness (QED) is 0.751. The molecule has 0 aromatic carbocycles. The Morgan fingerprint density at radius 2 is 2.16 bits per heavy atom. The largest absolute Gasteiger partial charge is 0.373 e. The first kappa shape index (κ1) is 13.8. The minimum Gasteiger partial charge on any atom is -0.373 e. The van der Waals surface area contributed by atoms with Gasteiger partial charge in [-0.15, -0.1) is 0 Å². The standard InChI is InChI=1S/C12H23N3O3S/c13-7-9-2-1-5-15(8-9)19(16,17)14-11-6-10-3-4-12(11)18-10/h9-12,14H,1-8,13H2. The average Bonchev–Trinajstić information content (AvgIpc) is 3.00. The van der Waals surface area contributed by atoms with E-state index in [0.29, 0.717) is 25.6 Å². The van der Waals surface area contributed by atoms with Crippen molar-refractivity contribution in [2.75, 3.05) is 19.6 Å². The van der Waals surface area contributed by atoms with Crippen LogP contribution in [-0.2, 0) is 14.9 Å². The minimum absolute atomic E-state index is 0.0398. The molecule has 4 unspecified atom stereocenters. The van der Waals surface area contributed by atoms with Gasteiger partial charge in [0.25, 0.3) is 10.2 Å². The van der Waals surface area contributed by atoms with Gasteiger partial charge in [0.1, 0.15) is 0 Å². The molecule has 2 bridgehead atoms. The topological polar surface area (TPSA) is 84.7 Å². The predicted molar refractivity (Wildman–Crippen MR) is 71.7 cm³/mol. The van der Waals surface area contributed by atoms with Gasteiger partial charge < -0.3 is 10.5 Å². The minimum atomic E-state index is -3.38. The highest BCUT2D eigenvalue weighted by Gasteiger charge is 2.43. The van der Waals surface area contributed by atoms with Crippen LogP contribution in [0.3, 0.4) is 0 Å². The van der Waals surface area contributed by atoms with Crippen LogP contribution in [0.5, 0.6) is 0 Å². The van der Waals surface area contributed by atoms with Gasteiger partial charge in [0.15, 0.2) is 0 Å². The molecule has 3 rings (SSSR count). The molecule has 7 heteroatoms. The summed E-state index contributed by atoms with van der Waals surface area (Å²) in [4.78, 5) is 0. The number of nitrogens with one attached hydrogen (secondary N) is 1. The highest BCUT2D eigenvalue weighted by molar-refractivity contribution is 7.87. The Morgan fingerprint density at radius 1 is 1.32 bits per heavy atom. The second-order valence-corrected chi connectivity index (χ2v) is 7.64. The van der Waals surface area contributed by atoms with Crippen LogP contribution in [0.1, 0.15) is 32.1 Å². The molecule has 0 amide bonds. The zero-order valence-electron chi connectivity index (χ0n) is 11.1. The maximum Gasteiger partial charge on any atom is 0.279 e. The van der Waals surface area contributed by atoms with Crippen LogP contribution in [0, 0.1) is 5.92 Å². The molecule has 4 atom stereocenters. The summed E-state index contributed by atoms with van der Waals surface area (Å²) in [6.45, 7) is 1.71. The molecule has 3 aliphatic heterocycles. The Labute approximate surface area is 114 Å². The number of hydrogen-bond donors (Lipinski definition) is 2. The number of ether oxygens (including phenoxy) is 1. The Hall–Kier alpha value is -0.210. The summed E-state index contributed by atoms with van der Waals surface area (Å²) in [5, 5.41) is 0. The van der Waals surface area contributed by atoms with Crippen molar-refractivity contribution in [1.29, 1.82) is 0 Å². The molecular weight excluding hydrogens is 266 g/mol. The second-order valence-electron chi connectivity index (χ2n) is 5.94. The van der Waals surface area contributed by atoms with Gasteiger partial charge >= 0.3 is 0 Å². The molecule has 3 fully saturated rings. The summed E-state index contributed by atoms with van der Waals surface area (Å²) in [6, 6.07) is -0.0398.